The normalized spacial score (nSPS) is 14.9. The molecule has 4 rings (SSSR count). The quantitative estimate of drug-likeness (QED) is 0.447. The number of anilines is 1. The molecule has 2 N–H and O–H groups in total. The topological polar surface area (TPSA) is 100 Å². The van der Waals surface area contributed by atoms with Crippen molar-refractivity contribution < 1.29 is 4.39 Å². The Morgan fingerprint density at radius 2 is 1.97 bits per heavy atom. The fourth-order valence-electron chi connectivity index (χ4n) is 3.62. The van der Waals surface area contributed by atoms with Crippen LogP contribution in [0.5, 0.6) is 0 Å². The second-order valence-corrected chi connectivity index (χ2v) is 7.92. The number of nitrogens with one attached hydrogen (secondary N) is 2. The molecule has 1 fully saturated rings. The van der Waals surface area contributed by atoms with E-state index in [2.05, 4.69) is 37.3 Å². The molecule has 0 amide bonds. The van der Waals surface area contributed by atoms with E-state index in [1.807, 2.05) is 12.1 Å². The standard InChI is InChI=1S/C24H24FN7O/c1-31-9-11-32(12-10-31)16-19-8-7-17(13-21(19)25)15-27-30-24-28-22(18-5-3-2-4-6-18)20(14-26)23(33)29-24/h2-8,13,15H,9-12,16H2,1H3,(H2,28,29,30,33). The molecule has 0 aliphatic carbocycles. The summed E-state index contributed by atoms with van der Waals surface area (Å²) in [5.41, 5.74) is 4.14. The molecule has 0 unspecified atom stereocenters. The van der Waals surface area contributed by atoms with E-state index in [1.54, 1.807) is 36.4 Å². The number of aromatic nitrogens is 2. The van der Waals surface area contributed by atoms with Crippen LogP contribution in [0.25, 0.3) is 11.3 Å². The molecule has 2 aromatic carbocycles. The van der Waals surface area contributed by atoms with Gasteiger partial charge in [0.1, 0.15) is 17.4 Å². The fraction of sp³-hybridized carbons (Fsp3) is 0.250. The lowest BCUT2D eigenvalue weighted by Crippen LogP contribution is -2.44. The first-order valence-corrected chi connectivity index (χ1v) is 10.6. The number of benzene rings is 2. The summed E-state index contributed by atoms with van der Waals surface area (Å²) in [6.45, 7) is 4.38. The third-order valence-corrected chi connectivity index (χ3v) is 5.53. The average Bonchev–Trinajstić information content (AvgIpc) is 2.82. The van der Waals surface area contributed by atoms with E-state index in [-0.39, 0.29) is 23.0 Å². The third kappa shape index (κ3) is 5.49. The predicted octanol–water partition coefficient (Wildman–Crippen LogP) is 2.64. The molecule has 1 aliphatic heterocycles. The van der Waals surface area contributed by atoms with Crippen LogP contribution in [0.15, 0.2) is 58.4 Å². The zero-order valence-corrected chi connectivity index (χ0v) is 18.3. The van der Waals surface area contributed by atoms with Crippen molar-refractivity contribution in [2.24, 2.45) is 5.10 Å². The molecule has 8 nitrogen and oxygen atoms in total. The monoisotopic (exact) mass is 445 g/mol. The van der Waals surface area contributed by atoms with Crippen LogP contribution in [0.4, 0.5) is 10.3 Å². The Labute approximate surface area is 191 Å². The highest BCUT2D eigenvalue weighted by atomic mass is 19.1. The molecule has 0 bridgehead atoms. The number of aromatic amines is 1. The number of likely N-dealkylation sites (N-methyl/N-ethyl adjacent to an activating group) is 1. The van der Waals surface area contributed by atoms with Crippen molar-refractivity contribution in [1.29, 1.82) is 5.26 Å². The minimum Gasteiger partial charge on any atom is -0.304 e. The van der Waals surface area contributed by atoms with Crippen LogP contribution in [0.1, 0.15) is 16.7 Å². The fourth-order valence-corrected chi connectivity index (χ4v) is 3.62. The molecule has 0 radical (unpaired) electrons. The van der Waals surface area contributed by atoms with Crippen molar-refractivity contribution in [2.75, 3.05) is 38.7 Å². The number of piperazine rings is 1. The number of nitriles is 1. The van der Waals surface area contributed by atoms with Crippen LogP contribution < -0.4 is 11.0 Å². The predicted molar refractivity (Wildman–Crippen MR) is 125 cm³/mol. The summed E-state index contributed by atoms with van der Waals surface area (Å²) < 4.78 is 14.6. The number of H-pyrrole nitrogens is 1. The number of hydrogen-bond acceptors (Lipinski definition) is 7. The van der Waals surface area contributed by atoms with Gasteiger partial charge >= 0.3 is 0 Å². The van der Waals surface area contributed by atoms with Crippen LogP contribution in [-0.2, 0) is 6.54 Å². The molecule has 33 heavy (non-hydrogen) atoms. The van der Waals surface area contributed by atoms with E-state index in [9.17, 15) is 14.4 Å². The molecule has 0 saturated carbocycles. The summed E-state index contributed by atoms with van der Waals surface area (Å²) in [7, 11) is 2.09. The Morgan fingerprint density at radius 1 is 1.21 bits per heavy atom. The first-order chi connectivity index (χ1) is 16.0. The van der Waals surface area contributed by atoms with E-state index in [4.69, 9.17) is 0 Å². The van der Waals surface area contributed by atoms with Gasteiger partial charge in [0.05, 0.1) is 11.9 Å². The maximum atomic E-state index is 14.6. The maximum absolute atomic E-state index is 14.6. The van der Waals surface area contributed by atoms with Crippen molar-refractivity contribution in [1.82, 2.24) is 19.8 Å². The highest BCUT2D eigenvalue weighted by Crippen LogP contribution is 2.19. The second-order valence-electron chi connectivity index (χ2n) is 7.92. The van der Waals surface area contributed by atoms with Crippen LogP contribution in [0.3, 0.4) is 0 Å². The summed E-state index contributed by atoms with van der Waals surface area (Å²) in [5.74, 6) is -0.199. The third-order valence-electron chi connectivity index (χ3n) is 5.53. The lowest BCUT2D eigenvalue weighted by atomic mass is 10.1. The first-order valence-electron chi connectivity index (χ1n) is 10.6. The van der Waals surface area contributed by atoms with Gasteiger partial charge < -0.3 is 4.90 Å². The van der Waals surface area contributed by atoms with Crippen LogP contribution in [0, 0.1) is 17.1 Å². The van der Waals surface area contributed by atoms with Gasteiger partial charge in [0.2, 0.25) is 5.95 Å². The van der Waals surface area contributed by atoms with E-state index < -0.39 is 5.56 Å². The van der Waals surface area contributed by atoms with Crippen molar-refractivity contribution in [3.8, 4) is 17.3 Å². The number of hydrogen-bond donors (Lipinski definition) is 2. The van der Waals surface area contributed by atoms with Crippen molar-refractivity contribution in [2.45, 2.75) is 6.54 Å². The first kappa shape index (κ1) is 22.3. The summed E-state index contributed by atoms with van der Waals surface area (Å²) in [6.07, 6.45) is 1.45. The van der Waals surface area contributed by atoms with E-state index in [0.29, 0.717) is 23.2 Å². The van der Waals surface area contributed by atoms with E-state index in [1.165, 1.54) is 12.3 Å². The largest absolute Gasteiger partial charge is 0.304 e. The van der Waals surface area contributed by atoms with Crippen LogP contribution in [0.2, 0.25) is 0 Å². The number of rotatable bonds is 6. The minimum absolute atomic E-state index is 0.0752. The molecule has 1 aromatic heterocycles. The summed E-state index contributed by atoms with van der Waals surface area (Å²) in [5, 5.41) is 13.4. The molecular formula is C24H24FN7O. The smallest absolute Gasteiger partial charge is 0.270 e. The molecule has 0 atom stereocenters. The lowest BCUT2D eigenvalue weighted by molar-refractivity contribution is 0.147. The van der Waals surface area contributed by atoms with E-state index >= 15 is 0 Å². The molecule has 9 heteroatoms. The van der Waals surface area contributed by atoms with E-state index in [0.717, 1.165) is 26.2 Å². The van der Waals surface area contributed by atoms with Crippen LogP contribution >= 0.6 is 0 Å². The Hall–Kier alpha value is -3.87. The molecule has 0 spiro atoms. The van der Waals surface area contributed by atoms with Gasteiger partial charge in [-0.2, -0.15) is 10.4 Å². The molecule has 168 valence electrons. The van der Waals surface area contributed by atoms with Gasteiger partial charge in [0.15, 0.2) is 0 Å². The number of nitrogens with zero attached hydrogens (tertiary/aromatic N) is 5. The average molecular weight is 446 g/mol. The van der Waals surface area contributed by atoms with Crippen molar-refractivity contribution in [3.63, 3.8) is 0 Å². The Morgan fingerprint density at radius 3 is 2.67 bits per heavy atom. The number of halogens is 1. The van der Waals surface area contributed by atoms with Crippen molar-refractivity contribution >= 4 is 12.2 Å². The lowest BCUT2D eigenvalue weighted by Gasteiger charge is -2.32. The number of hydrazone groups is 1. The molecular weight excluding hydrogens is 421 g/mol. The van der Waals surface area contributed by atoms with Crippen molar-refractivity contribution in [3.05, 3.63) is 81.4 Å². The Balaban J connectivity index is 1.46. The zero-order valence-electron chi connectivity index (χ0n) is 18.3. The highest BCUT2D eigenvalue weighted by Gasteiger charge is 2.16. The molecule has 1 aliphatic rings. The van der Waals surface area contributed by atoms with Gasteiger partial charge in [-0.05, 0) is 18.7 Å². The Kier molecular flexibility index (Phi) is 6.88. The SMILES string of the molecule is CN1CCN(Cc2ccc(C=NNc3nc(-c4ccccc4)c(C#N)c(=O)[nH]3)cc2F)CC1. The van der Waals surface area contributed by atoms with Gasteiger partial charge in [0, 0.05) is 43.9 Å². The molecule has 1 saturated heterocycles. The van der Waals surface area contributed by atoms with Gasteiger partial charge in [-0.15, -0.1) is 0 Å². The second kappa shape index (κ2) is 10.2. The minimum atomic E-state index is -0.566. The van der Waals surface area contributed by atoms with Crippen LogP contribution in [-0.4, -0.2) is 59.2 Å². The van der Waals surface area contributed by atoms with Gasteiger partial charge in [-0.25, -0.2) is 14.8 Å². The Bertz CT molecular complexity index is 1240. The summed E-state index contributed by atoms with van der Waals surface area (Å²) in [6, 6.07) is 15.9. The summed E-state index contributed by atoms with van der Waals surface area (Å²) in [4.78, 5) is 23.6. The summed E-state index contributed by atoms with van der Waals surface area (Å²) >= 11 is 0. The maximum Gasteiger partial charge on any atom is 0.270 e. The molecule has 2 heterocycles. The molecule has 3 aromatic rings. The van der Waals surface area contributed by atoms with Gasteiger partial charge in [-0.3, -0.25) is 14.7 Å². The zero-order chi connectivity index (χ0) is 23.2. The van der Waals surface area contributed by atoms with Gasteiger partial charge in [0.25, 0.3) is 5.56 Å². The van der Waals surface area contributed by atoms with Gasteiger partial charge in [-0.1, -0.05) is 42.5 Å². The highest BCUT2D eigenvalue weighted by molar-refractivity contribution is 5.80.